The number of pyridine rings is 1. The van der Waals surface area contributed by atoms with Crippen LogP contribution >= 0.6 is 11.3 Å². The summed E-state index contributed by atoms with van der Waals surface area (Å²) in [6, 6.07) is 5.97. The van der Waals surface area contributed by atoms with Crippen LogP contribution in [0.3, 0.4) is 0 Å². The van der Waals surface area contributed by atoms with E-state index in [1.807, 2.05) is 24.4 Å². The zero-order valence-corrected chi connectivity index (χ0v) is 10.9. The number of nitrogens with one attached hydrogen (secondary N) is 2. The summed E-state index contributed by atoms with van der Waals surface area (Å²) in [4.78, 5) is 21.6. The summed E-state index contributed by atoms with van der Waals surface area (Å²) < 4.78 is 0. The molecule has 0 aromatic carbocycles. The Labute approximate surface area is 113 Å². The molecule has 0 spiro atoms. The first kappa shape index (κ1) is 10.8. The molecule has 0 saturated heterocycles. The minimum absolute atomic E-state index is 0.0433. The normalized spacial score (nSPS) is 14.4. The summed E-state index contributed by atoms with van der Waals surface area (Å²) in [5.41, 5.74) is 2.83. The fourth-order valence-electron chi connectivity index (χ4n) is 2.48. The minimum atomic E-state index is 0.0433. The van der Waals surface area contributed by atoms with Crippen LogP contribution in [-0.2, 0) is 6.42 Å². The molecule has 19 heavy (non-hydrogen) atoms. The van der Waals surface area contributed by atoms with Crippen molar-refractivity contribution >= 4 is 28.3 Å². The summed E-state index contributed by atoms with van der Waals surface area (Å²) >= 11 is 1.70. The van der Waals surface area contributed by atoms with E-state index in [-0.39, 0.29) is 5.91 Å². The highest BCUT2D eigenvalue weighted by atomic mass is 32.1. The van der Waals surface area contributed by atoms with Gasteiger partial charge in [0, 0.05) is 39.6 Å². The first-order valence-corrected chi connectivity index (χ1v) is 6.98. The molecule has 0 radical (unpaired) electrons. The van der Waals surface area contributed by atoms with Crippen LogP contribution in [-0.4, -0.2) is 22.4 Å². The number of amides is 1. The smallest absolute Gasteiger partial charge is 0.252 e. The Hall–Kier alpha value is -2.14. The third kappa shape index (κ3) is 1.58. The van der Waals surface area contributed by atoms with Crippen molar-refractivity contribution in [3.63, 3.8) is 0 Å². The number of rotatable bonds is 1. The van der Waals surface area contributed by atoms with Gasteiger partial charge in [-0.2, -0.15) is 0 Å². The van der Waals surface area contributed by atoms with Crippen LogP contribution in [0, 0.1) is 0 Å². The highest BCUT2D eigenvalue weighted by Gasteiger charge is 2.21. The summed E-state index contributed by atoms with van der Waals surface area (Å²) in [7, 11) is 0. The van der Waals surface area contributed by atoms with E-state index in [0.29, 0.717) is 0 Å². The largest absolute Gasteiger partial charge is 0.352 e. The van der Waals surface area contributed by atoms with Crippen molar-refractivity contribution in [1.82, 2.24) is 15.3 Å². The quantitative estimate of drug-likeness (QED) is 0.713. The molecule has 4 nitrogen and oxygen atoms in total. The lowest BCUT2D eigenvalue weighted by molar-refractivity contribution is 0.0947. The second-order valence-electron chi connectivity index (χ2n) is 4.56. The first-order chi connectivity index (χ1) is 9.33. The van der Waals surface area contributed by atoms with Crippen LogP contribution < -0.4 is 5.32 Å². The van der Waals surface area contributed by atoms with Gasteiger partial charge in [0.15, 0.2) is 0 Å². The number of hydrogen-bond acceptors (Lipinski definition) is 3. The van der Waals surface area contributed by atoms with E-state index in [2.05, 4.69) is 15.3 Å². The number of thiophene rings is 1. The Morgan fingerprint density at radius 2 is 2.26 bits per heavy atom. The van der Waals surface area contributed by atoms with Gasteiger partial charge in [0.05, 0.1) is 5.56 Å². The van der Waals surface area contributed by atoms with Gasteiger partial charge in [-0.3, -0.25) is 4.79 Å². The molecule has 94 valence electrons. The number of carbonyl (C=O) groups is 1. The summed E-state index contributed by atoms with van der Waals surface area (Å²) in [5, 5.41) is 3.98. The van der Waals surface area contributed by atoms with Gasteiger partial charge in [0.25, 0.3) is 5.91 Å². The van der Waals surface area contributed by atoms with Crippen LogP contribution in [0.1, 0.15) is 15.2 Å². The SMILES string of the molecule is O=C1NCCc2sc(-c3c[nH]c4ncccc34)cc21. The van der Waals surface area contributed by atoms with E-state index in [0.717, 1.165) is 40.0 Å². The molecule has 0 unspecified atom stereocenters. The van der Waals surface area contributed by atoms with Gasteiger partial charge in [-0.25, -0.2) is 4.98 Å². The predicted molar refractivity (Wildman–Crippen MR) is 75.4 cm³/mol. The highest BCUT2D eigenvalue weighted by molar-refractivity contribution is 7.16. The second-order valence-corrected chi connectivity index (χ2v) is 5.69. The van der Waals surface area contributed by atoms with Gasteiger partial charge < -0.3 is 10.3 Å². The van der Waals surface area contributed by atoms with Gasteiger partial charge in [-0.15, -0.1) is 11.3 Å². The highest BCUT2D eigenvalue weighted by Crippen LogP contribution is 2.36. The molecule has 0 atom stereocenters. The van der Waals surface area contributed by atoms with E-state index in [4.69, 9.17) is 0 Å². The molecule has 1 amide bonds. The van der Waals surface area contributed by atoms with Crippen LogP contribution in [0.15, 0.2) is 30.6 Å². The molecule has 4 heterocycles. The third-order valence-electron chi connectivity index (χ3n) is 3.41. The van der Waals surface area contributed by atoms with Crippen molar-refractivity contribution in [1.29, 1.82) is 0 Å². The summed E-state index contributed by atoms with van der Waals surface area (Å²) in [6.45, 7) is 0.737. The van der Waals surface area contributed by atoms with Crippen LogP contribution in [0.2, 0.25) is 0 Å². The summed E-state index contributed by atoms with van der Waals surface area (Å²) in [5.74, 6) is 0.0433. The molecule has 3 aromatic heterocycles. The van der Waals surface area contributed by atoms with Crippen molar-refractivity contribution < 1.29 is 4.79 Å². The van der Waals surface area contributed by atoms with Crippen molar-refractivity contribution in [3.8, 4) is 10.4 Å². The van der Waals surface area contributed by atoms with Crippen molar-refractivity contribution in [3.05, 3.63) is 41.0 Å². The molecule has 4 rings (SSSR count). The standard InChI is InChI=1S/C14H11N3OS/c18-14-9-6-12(19-11(9)3-5-16-14)10-7-17-13-8(10)2-1-4-15-13/h1-2,4,6-7H,3,5H2,(H,15,17)(H,16,18). The van der Waals surface area contributed by atoms with E-state index in [9.17, 15) is 4.79 Å². The van der Waals surface area contributed by atoms with Gasteiger partial charge in [0.1, 0.15) is 5.65 Å². The van der Waals surface area contributed by atoms with Crippen molar-refractivity contribution in [2.45, 2.75) is 6.42 Å². The molecule has 1 aliphatic rings. The minimum Gasteiger partial charge on any atom is -0.352 e. The Morgan fingerprint density at radius 3 is 3.16 bits per heavy atom. The Bertz CT molecular complexity index is 787. The fraction of sp³-hybridized carbons (Fsp3) is 0.143. The molecule has 0 fully saturated rings. The number of aromatic nitrogens is 2. The Morgan fingerprint density at radius 1 is 1.32 bits per heavy atom. The zero-order chi connectivity index (χ0) is 12.8. The molecule has 3 aromatic rings. The lowest BCUT2D eigenvalue weighted by atomic mass is 10.1. The topological polar surface area (TPSA) is 57.8 Å². The molecular weight excluding hydrogens is 258 g/mol. The predicted octanol–water partition coefficient (Wildman–Crippen LogP) is 2.58. The van der Waals surface area contributed by atoms with Gasteiger partial charge in [0.2, 0.25) is 0 Å². The number of fused-ring (bicyclic) bond motifs is 2. The van der Waals surface area contributed by atoms with Crippen molar-refractivity contribution in [2.24, 2.45) is 0 Å². The lowest BCUT2D eigenvalue weighted by Gasteiger charge is -2.10. The number of H-pyrrole nitrogens is 1. The average Bonchev–Trinajstić information content (AvgIpc) is 3.02. The lowest BCUT2D eigenvalue weighted by Crippen LogP contribution is -2.30. The monoisotopic (exact) mass is 269 g/mol. The van der Waals surface area contributed by atoms with Gasteiger partial charge >= 0.3 is 0 Å². The molecule has 5 heteroatoms. The number of nitrogens with zero attached hydrogens (tertiary/aromatic N) is 1. The Kier molecular flexibility index (Phi) is 2.22. The number of carbonyl (C=O) groups excluding carboxylic acids is 1. The van der Waals surface area contributed by atoms with Crippen LogP contribution in [0.4, 0.5) is 0 Å². The van der Waals surface area contributed by atoms with Crippen LogP contribution in [0.25, 0.3) is 21.5 Å². The molecule has 1 aliphatic heterocycles. The van der Waals surface area contributed by atoms with Crippen LogP contribution in [0.5, 0.6) is 0 Å². The molecule has 2 N–H and O–H groups in total. The van der Waals surface area contributed by atoms with E-state index in [1.165, 1.54) is 4.88 Å². The first-order valence-electron chi connectivity index (χ1n) is 6.16. The molecular formula is C14H11N3OS. The second kappa shape index (κ2) is 3.93. The van der Waals surface area contributed by atoms with Gasteiger partial charge in [-0.1, -0.05) is 0 Å². The number of aromatic amines is 1. The maximum atomic E-state index is 11.8. The zero-order valence-electron chi connectivity index (χ0n) is 10.1. The maximum Gasteiger partial charge on any atom is 0.252 e. The maximum absolute atomic E-state index is 11.8. The molecule has 0 saturated carbocycles. The summed E-state index contributed by atoms with van der Waals surface area (Å²) in [6.07, 6.45) is 4.66. The average molecular weight is 269 g/mol. The molecule has 0 aliphatic carbocycles. The van der Waals surface area contributed by atoms with E-state index >= 15 is 0 Å². The Balaban J connectivity index is 1.91. The molecule has 0 bridgehead atoms. The third-order valence-corrected chi connectivity index (χ3v) is 4.64. The van der Waals surface area contributed by atoms with Crippen molar-refractivity contribution in [2.75, 3.05) is 6.54 Å². The van der Waals surface area contributed by atoms with E-state index in [1.54, 1.807) is 17.5 Å². The van der Waals surface area contributed by atoms with Gasteiger partial charge in [-0.05, 0) is 24.6 Å². The number of hydrogen-bond donors (Lipinski definition) is 2. The van der Waals surface area contributed by atoms with E-state index < -0.39 is 0 Å². The fourth-order valence-corrected chi connectivity index (χ4v) is 3.67.